The molecule has 0 fully saturated rings. The summed E-state index contributed by atoms with van der Waals surface area (Å²) in [4.78, 5) is 0. The Morgan fingerprint density at radius 2 is 2.00 bits per heavy atom. The third-order valence-corrected chi connectivity index (χ3v) is 2.88. The van der Waals surface area contributed by atoms with Crippen molar-refractivity contribution in [3.8, 4) is 11.3 Å². The smallest absolute Gasteiger partial charge is 0.149 e. The van der Waals surface area contributed by atoms with Crippen LogP contribution in [0.3, 0.4) is 0 Å². The molecular formula is C13H19N5. The second-order valence-corrected chi connectivity index (χ2v) is 5.05. The van der Waals surface area contributed by atoms with Crippen LogP contribution in [-0.2, 0) is 6.42 Å². The monoisotopic (exact) mass is 245 g/mol. The Balaban J connectivity index is 2.53. The average Bonchev–Trinajstić information content (AvgIpc) is 2.64. The minimum Gasteiger partial charge on any atom is -0.382 e. The van der Waals surface area contributed by atoms with E-state index < -0.39 is 0 Å². The van der Waals surface area contributed by atoms with Crippen LogP contribution in [0.1, 0.15) is 30.8 Å². The molecule has 2 aromatic heterocycles. The fourth-order valence-electron chi connectivity index (χ4n) is 2.02. The number of aromatic amines is 1. The number of anilines is 1. The van der Waals surface area contributed by atoms with E-state index in [-0.39, 0.29) is 0 Å². The molecule has 18 heavy (non-hydrogen) atoms. The minimum absolute atomic E-state index is 0.528. The fourth-order valence-corrected chi connectivity index (χ4v) is 2.02. The van der Waals surface area contributed by atoms with Crippen molar-refractivity contribution in [2.75, 3.05) is 5.73 Å². The van der Waals surface area contributed by atoms with Gasteiger partial charge in [-0.3, -0.25) is 5.10 Å². The summed E-state index contributed by atoms with van der Waals surface area (Å²) in [5, 5.41) is 15.3. The van der Waals surface area contributed by atoms with Crippen molar-refractivity contribution in [1.29, 1.82) is 0 Å². The Labute approximate surface area is 107 Å². The molecule has 2 aromatic rings. The molecule has 0 spiro atoms. The average molecular weight is 245 g/mol. The van der Waals surface area contributed by atoms with Crippen LogP contribution in [0.5, 0.6) is 0 Å². The Bertz CT molecular complexity index is 557. The van der Waals surface area contributed by atoms with E-state index in [1.165, 1.54) is 0 Å². The van der Waals surface area contributed by atoms with E-state index in [0.29, 0.717) is 11.7 Å². The van der Waals surface area contributed by atoms with Crippen molar-refractivity contribution in [1.82, 2.24) is 20.4 Å². The third kappa shape index (κ3) is 2.34. The van der Waals surface area contributed by atoms with E-state index in [2.05, 4.69) is 34.2 Å². The summed E-state index contributed by atoms with van der Waals surface area (Å²) >= 11 is 0. The highest BCUT2D eigenvalue weighted by molar-refractivity contribution is 5.69. The molecule has 0 aliphatic rings. The lowest BCUT2D eigenvalue weighted by atomic mass is 9.98. The number of nitrogens with zero attached hydrogens (tertiary/aromatic N) is 3. The summed E-state index contributed by atoms with van der Waals surface area (Å²) in [7, 11) is 0. The van der Waals surface area contributed by atoms with Crippen LogP contribution in [0, 0.1) is 19.8 Å². The van der Waals surface area contributed by atoms with Gasteiger partial charge < -0.3 is 5.73 Å². The first kappa shape index (κ1) is 12.5. The predicted octanol–water partition coefficient (Wildman–Crippen LogP) is 2.26. The molecule has 0 radical (unpaired) electrons. The van der Waals surface area contributed by atoms with Crippen LogP contribution < -0.4 is 5.73 Å². The van der Waals surface area contributed by atoms with Gasteiger partial charge in [-0.2, -0.15) is 15.3 Å². The normalized spacial score (nSPS) is 11.2. The number of hydrogen-bond donors (Lipinski definition) is 2. The maximum Gasteiger partial charge on any atom is 0.149 e. The number of H-pyrrole nitrogens is 1. The Hall–Kier alpha value is -1.91. The summed E-state index contributed by atoms with van der Waals surface area (Å²) in [5.74, 6) is 1.10. The van der Waals surface area contributed by atoms with Gasteiger partial charge in [-0.15, -0.1) is 0 Å². The molecule has 0 aliphatic carbocycles. The number of nitrogen functional groups attached to an aromatic ring is 1. The van der Waals surface area contributed by atoms with Crippen molar-refractivity contribution in [3.63, 3.8) is 0 Å². The lowest BCUT2D eigenvalue weighted by Gasteiger charge is -2.08. The molecule has 0 unspecified atom stereocenters. The molecule has 5 nitrogen and oxygen atoms in total. The van der Waals surface area contributed by atoms with Crippen LogP contribution in [0.25, 0.3) is 11.3 Å². The molecule has 0 aliphatic heterocycles. The molecule has 0 saturated heterocycles. The summed E-state index contributed by atoms with van der Waals surface area (Å²) in [5.41, 5.74) is 10.8. The molecule has 2 heterocycles. The number of hydrogen-bond acceptors (Lipinski definition) is 4. The maximum absolute atomic E-state index is 5.94. The van der Waals surface area contributed by atoms with Crippen LogP contribution in [0.15, 0.2) is 6.07 Å². The SMILES string of the molecule is Cc1cc(-c2[nH]nc(N)c2CC(C)C)c(C)nn1. The van der Waals surface area contributed by atoms with Crippen molar-refractivity contribution < 1.29 is 0 Å². The summed E-state index contributed by atoms with van der Waals surface area (Å²) in [6, 6.07) is 2.01. The van der Waals surface area contributed by atoms with E-state index >= 15 is 0 Å². The number of aryl methyl sites for hydroxylation is 2. The van der Waals surface area contributed by atoms with Gasteiger partial charge in [0.1, 0.15) is 5.82 Å². The van der Waals surface area contributed by atoms with Crippen molar-refractivity contribution in [2.45, 2.75) is 34.1 Å². The highest BCUT2D eigenvalue weighted by Crippen LogP contribution is 2.29. The zero-order valence-electron chi connectivity index (χ0n) is 11.3. The fraction of sp³-hybridized carbons (Fsp3) is 0.462. The molecule has 5 heteroatoms. The van der Waals surface area contributed by atoms with Gasteiger partial charge >= 0.3 is 0 Å². The molecule has 3 N–H and O–H groups in total. The molecule has 2 rings (SSSR count). The maximum atomic E-state index is 5.94. The second kappa shape index (κ2) is 4.76. The van der Waals surface area contributed by atoms with Gasteiger partial charge in [0, 0.05) is 11.1 Å². The second-order valence-electron chi connectivity index (χ2n) is 5.05. The first-order valence-corrected chi connectivity index (χ1v) is 6.13. The van der Waals surface area contributed by atoms with Gasteiger partial charge in [-0.25, -0.2) is 0 Å². The Kier molecular flexibility index (Phi) is 3.32. The molecule has 0 atom stereocenters. The van der Waals surface area contributed by atoms with E-state index in [1.54, 1.807) is 0 Å². The molecule has 0 aromatic carbocycles. The number of nitrogens with one attached hydrogen (secondary N) is 1. The van der Waals surface area contributed by atoms with Crippen molar-refractivity contribution in [3.05, 3.63) is 23.0 Å². The van der Waals surface area contributed by atoms with Gasteiger partial charge in [-0.05, 0) is 32.3 Å². The van der Waals surface area contributed by atoms with Crippen LogP contribution in [-0.4, -0.2) is 20.4 Å². The van der Waals surface area contributed by atoms with Crippen molar-refractivity contribution >= 4 is 5.82 Å². The summed E-state index contributed by atoms with van der Waals surface area (Å²) < 4.78 is 0. The van der Waals surface area contributed by atoms with Crippen LogP contribution >= 0.6 is 0 Å². The number of aromatic nitrogens is 4. The summed E-state index contributed by atoms with van der Waals surface area (Å²) in [6.07, 6.45) is 0.901. The molecule has 96 valence electrons. The first-order chi connectivity index (χ1) is 8.49. The molecule has 0 saturated carbocycles. The van der Waals surface area contributed by atoms with Gasteiger partial charge in [0.2, 0.25) is 0 Å². The van der Waals surface area contributed by atoms with E-state index in [1.807, 2.05) is 19.9 Å². The predicted molar refractivity (Wildman–Crippen MR) is 72.0 cm³/mol. The van der Waals surface area contributed by atoms with Crippen molar-refractivity contribution in [2.24, 2.45) is 5.92 Å². The van der Waals surface area contributed by atoms with Gasteiger partial charge in [0.05, 0.1) is 17.1 Å². The topological polar surface area (TPSA) is 80.5 Å². The molecule has 0 amide bonds. The van der Waals surface area contributed by atoms with Crippen LogP contribution in [0.4, 0.5) is 5.82 Å². The van der Waals surface area contributed by atoms with E-state index in [0.717, 1.165) is 34.6 Å². The van der Waals surface area contributed by atoms with Crippen LogP contribution in [0.2, 0.25) is 0 Å². The highest BCUT2D eigenvalue weighted by atomic mass is 15.2. The number of rotatable bonds is 3. The standard InChI is InChI=1S/C13H19N5/c1-7(2)5-11-12(17-18-13(11)14)10-6-8(3)15-16-9(10)4/h6-7H,5H2,1-4H3,(H3,14,17,18). The van der Waals surface area contributed by atoms with Gasteiger partial charge in [-0.1, -0.05) is 13.8 Å². The minimum atomic E-state index is 0.528. The highest BCUT2D eigenvalue weighted by Gasteiger charge is 2.16. The Morgan fingerprint density at radius 1 is 1.28 bits per heavy atom. The first-order valence-electron chi connectivity index (χ1n) is 6.13. The zero-order chi connectivity index (χ0) is 13.3. The largest absolute Gasteiger partial charge is 0.382 e. The molecular weight excluding hydrogens is 226 g/mol. The van der Waals surface area contributed by atoms with E-state index in [4.69, 9.17) is 5.73 Å². The zero-order valence-corrected chi connectivity index (χ0v) is 11.3. The number of nitrogens with two attached hydrogens (primary N) is 1. The van der Waals surface area contributed by atoms with E-state index in [9.17, 15) is 0 Å². The van der Waals surface area contributed by atoms with Gasteiger partial charge in [0.15, 0.2) is 0 Å². The Morgan fingerprint density at radius 3 is 2.67 bits per heavy atom. The lowest BCUT2D eigenvalue weighted by molar-refractivity contribution is 0.649. The summed E-state index contributed by atoms with van der Waals surface area (Å²) in [6.45, 7) is 8.20. The van der Waals surface area contributed by atoms with Gasteiger partial charge in [0.25, 0.3) is 0 Å². The molecule has 0 bridgehead atoms. The lowest BCUT2D eigenvalue weighted by Crippen LogP contribution is -2.01. The third-order valence-electron chi connectivity index (χ3n) is 2.88. The quantitative estimate of drug-likeness (QED) is 0.869.